The Morgan fingerprint density at radius 3 is 1.63 bits per heavy atom. The van der Waals surface area contributed by atoms with Gasteiger partial charge in [-0.25, -0.2) is 0 Å². The van der Waals surface area contributed by atoms with Gasteiger partial charge in [-0.15, -0.1) is 0 Å². The fourth-order valence-electron chi connectivity index (χ4n) is 4.28. The number of esters is 1. The number of aliphatic carboxylic acids is 1. The molecule has 2 saturated carbocycles. The van der Waals surface area contributed by atoms with Crippen molar-refractivity contribution in [3.63, 3.8) is 0 Å². The van der Waals surface area contributed by atoms with Gasteiger partial charge in [0.05, 0.1) is 17.9 Å². The highest BCUT2D eigenvalue weighted by Gasteiger charge is 2.61. The summed E-state index contributed by atoms with van der Waals surface area (Å²) < 4.78 is 5.02. The third-order valence-electron chi connectivity index (χ3n) is 5.32. The number of hydrogen-bond donors (Lipinski definition) is 1. The zero-order valence-corrected chi connectivity index (χ0v) is 11.7. The molecule has 0 heterocycles. The van der Waals surface area contributed by atoms with Gasteiger partial charge in [-0.3, -0.25) is 9.59 Å². The third kappa shape index (κ3) is 2.15. The molecule has 0 radical (unpaired) electrons. The van der Waals surface area contributed by atoms with Crippen LogP contribution in [0.4, 0.5) is 0 Å². The molecule has 0 spiro atoms. The molecule has 0 saturated heterocycles. The molecule has 108 valence electrons. The molecule has 0 aliphatic heterocycles. The quantitative estimate of drug-likeness (QED) is 0.799. The van der Waals surface area contributed by atoms with Crippen LogP contribution in [-0.2, 0) is 14.3 Å². The van der Waals surface area contributed by atoms with E-state index in [-0.39, 0.29) is 5.97 Å². The minimum atomic E-state index is -0.890. The maximum absolute atomic E-state index is 12.4. The number of rotatable bonds is 3. The van der Waals surface area contributed by atoms with E-state index in [2.05, 4.69) is 0 Å². The first kappa shape index (κ1) is 14.4. The maximum atomic E-state index is 12.4. The van der Waals surface area contributed by atoms with Gasteiger partial charge in [0.25, 0.3) is 0 Å². The first-order valence-electron chi connectivity index (χ1n) is 7.41. The van der Waals surface area contributed by atoms with E-state index in [1.807, 2.05) is 0 Å². The van der Waals surface area contributed by atoms with Gasteiger partial charge < -0.3 is 9.84 Å². The van der Waals surface area contributed by atoms with Crippen LogP contribution in [0.3, 0.4) is 0 Å². The fourth-order valence-corrected chi connectivity index (χ4v) is 4.28. The maximum Gasteiger partial charge on any atom is 0.312 e. The molecule has 2 aliphatic rings. The lowest BCUT2D eigenvalue weighted by Gasteiger charge is -2.49. The first-order valence-corrected chi connectivity index (χ1v) is 7.41. The molecule has 2 aliphatic carbocycles. The predicted molar refractivity (Wildman–Crippen MR) is 70.7 cm³/mol. The fraction of sp³-hybridized carbons (Fsp3) is 0.867. The average Bonchev–Trinajstić information content (AvgIpc) is 2.47. The molecular weight excluding hydrogens is 244 g/mol. The summed E-state index contributed by atoms with van der Waals surface area (Å²) in [6.07, 6.45) is 8.44. The highest BCUT2D eigenvalue weighted by atomic mass is 16.5. The Hall–Kier alpha value is -1.06. The number of carbonyl (C=O) groups is 2. The van der Waals surface area contributed by atoms with Crippen LogP contribution in [0.5, 0.6) is 0 Å². The summed E-state index contributed by atoms with van der Waals surface area (Å²) in [6.45, 7) is 0. The van der Waals surface area contributed by atoms with E-state index in [1.54, 1.807) is 0 Å². The summed E-state index contributed by atoms with van der Waals surface area (Å²) in [7, 11) is 1.39. The van der Waals surface area contributed by atoms with Gasteiger partial charge in [0.2, 0.25) is 0 Å². The molecule has 4 nitrogen and oxygen atoms in total. The van der Waals surface area contributed by atoms with Crippen LogP contribution in [-0.4, -0.2) is 24.2 Å². The zero-order valence-electron chi connectivity index (χ0n) is 11.7. The normalized spacial score (nSPS) is 25.5. The second-order valence-corrected chi connectivity index (χ2v) is 6.08. The van der Waals surface area contributed by atoms with E-state index >= 15 is 0 Å². The summed E-state index contributed by atoms with van der Waals surface area (Å²) in [5.74, 6) is -1.09. The first-order chi connectivity index (χ1) is 9.09. The molecule has 2 fully saturated rings. The molecule has 19 heavy (non-hydrogen) atoms. The SMILES string of the molecule is COC(=O)C1(C2(C(=O)O)CCCCC2)CCCCC1. The van der Waals surface area contributed by atoms with Crippen LogP contribution in [0, 0.1) is 10.8 Å². The molecule has 4 heteroatoms. The van der Waals surface area contributed by atoms with Crippen molar-refractivity contribution in [3.8, 4) is 0 Å². The van der Waals surface area contributed by atoms with Crippen molar-refractivity contribution in [1.29, 1.82) is 0 Å². The van der Waals surface area contributed by atoms with E-state index in [4.69, 9.17) is 4.74 Å². The van der Waals surface area contributed by atoms with Crippen LogP contribution in [0.25, 0.3) is 0 Å². The Morgan fingerprint density at radius 2 is 1.26 bits per heavy atom. The molecule has 0 aromatic rings. The lowest BCUT2D eigenvalue weighted by Crippen LogP contribution is -2.54. The van der Waals surface area contributed by atoms with Crippen molar-refractivity contribution >= 4 is 11.9 Å². The van der Waals surface area contributed by atoms with E-state index in [0.29, 0.717) is 25.7 Å². The van der Waals surface area contributed by atoms with Crippen LogP contribution < -0.4 is 0 Å². The molecule has 0 bridgehead atoms. The van der Waals surface area contributed by atoms with Crippen LogP contribution in [0.1, 0.15) is 64.2 Å². The summed E-state index contributed by atoms with van der Waals surface area (Å²) >= 11 is 0. The molecule has 0 atom stereocenters. The van der Waals surface area contributed by atoms with Gasteiger partial charge >= 0.3 is 11.9 Å². The number of carboxylic acids is 1. The Bertz CT molecular complexity index is 349. The minimum absolute atomic E-state index is 0.295. The molecule has 0 aromatic carbocycles. The van der Waals surface area contributed by atoms with Crippen molar-refractivity contribution in [2.75, 3.05) is 7.11 Å². The monoisotopic (exact) mass is 268 g/mol. The van der Waals surface area contributed by atoms with Gasteiger partial charge in [0, 0.05) is 0 Å². The molecule has 1 N–H and O–H groups in total. The summed E-state index contributed by atoms with van der Waals surface area (Å²) in [4.78, 5) is 24.4. The average molecular weight is 268 g/mol. The Morgan fingerprint density at radius 1 is 0.842 bits per heavy atom. The summed E-state index contributed by atoms with van der Waals surface area (Å²) in [6, 6.07) is 0. The molecule has 2 rings (SSSR count). The second-order valence-electron chi connectivity index (χ2n) is 6.08. The van der Waals surface area contributed by atoms with Crippen LogP contribution in [0.2, 0.25) is 0 Å². The van der Waals surface area contributed by atoms with E-state index in [9.17, 15) is 14.7 Å². The van der Waals surface area contributed by atoms with Gasteiger partial charge in [-0.2, -0.15) is 0 Å². The van der Waals surface area contributed by atoms with Crippen LogP contribution >= 0.6 is 0 Å². The van der Waals surface area contributed by atoms with Crippen molar-refractivity contribution in [3.05, 3.63) is 0 Å². The van der Waals surface area contributed by atoms with Gasteiger partial charge in [-0.1, -0.05) is 38.5 Å². The molecular formula is C15H24O4. The number of carboxylic acid groups (broad SMARTS) is 1. The molecule has 0 unspecified atom stereocenters. The Balaban J connectivity index is 2.43. The third-order valence-corrected chi connectivity index (χ3v) is 5.32. The number of methoxy groups -OCH3 is 1. The lowest BCUT2D eigenvalue weighted by molar-refractivity contribution is -0.184. The largest absolute Gasteiger partial charge is 0.481 e. The zero-order chi connectivity index (χ0) is 13.9. The standard InChI is InChI=1S/C15H24O4/c1-19-13(18)15(10-6-3-7-11-15)14(12(16)17)8-4-2-5-9-14/h2-11H2,1H3,(H,16,17). The summed E-state index contributed by atoms with van der Waals surface area (Å²) in [5.41, 5.74) is -1.68. The highest BCUT2D eigenvalue weighted by Crippen LogP contribution is 2.57. The lowest BCUT2D eigenvalue weighted by atomic mass is 9.52. The van der Waals surface area contributed by atoms with Crippen molar-refractivity contribution in [2.45, 2.75) is 64.2 Å². The van der Waals surface area contributed by atoms with Gasteiger partial charge in [-0.05, 0) is 25.7 Å². The number of ether oxygens (including phenoxy) is 1. The highest BCUT2D eigenvalue weighted by molar-refractivity contribution is 5.87. The predicted octanol–water partition coefficient (Wildman–Crippen LogP) is 3.15. The molecule has 0 amide bonds. The van der Waals surface area contributed by atoms with Crippen LogP contribution in [0.15, 0.2) is 0 Å². The minimum Gasteiger partial charge on any atom is -0.481 e. The second kappa shape index (κ2) is 5.51. The number of carbonyl (C=O) groups excluding carboxylic acids is 1. The van der Waals surface area contributed by atoms with Crippen molar-refractivity contribution in [2.24, 2.45) is 10.8 Å². The van der Waals surface area contributed by atoms with Crippen molar-refractivity contribution < 1.29 is 19.4 Å². The molecule has 0 aromatic heterocycles. The van der Waals surface area contributed by atoms with Crippen molar-refractivity contribution in [1.82, 2.24) is 0 Å². The van der Waals surface area contributed by atoms with E-state index < -0.39 is 16.8 Å². The topological polar surface area (TPSA) is 63.6 Å². The summed E-state index contributed by atoms with van der Waals surface area (Å²) in [5, 5.41) is 9.84. The number of hydrogen-bond acceptors (Lipinski definition) is 3. The van der Waals surface area contributed by atoms with Gasteiger partial charge in [0.15, 0.2) is 0 Å². The van der Waals surface area contributed by atoms with E-state index in [1.165, 1.54) is 7.11 Å². The smallest absolute Gasteiger partial charge is 0.312 e. The Kier molecular flexibility index (Phi) is 4.16. The van der Waals surface area contributed by atoms with Gasteiger partial charge in [0.1, 0.15) is 0 Å². The Labute approximate surface area is 114 Å². The van der Waals surface area contributed by atoms with E-state index in [0.717, 1.165) is 38.5 Å².